The molecule has 0 aromatic heterocycles. The molecule has 3 nitrogen and oxygen atoms in total. The van der Waals surface area contributed by atoms with Gasteiger partial charge < -0.3 is 10.2 Å². The van der Waals surface area contributed by atoms with Gasteiger partial charge in [-0.2, -0.15) is 0 Å². The predicted molar refractivity (Wildman–Crippen MR) is 60.6 cm³/mol. The maximum absolute atomic E-state index is 11.9. The lowest BCUT2D eigenvalue weighted by molar-refractivity contribution is -0.129. The van der Waals surface area contributed by atoms with Crippen molar-refractivity contribution in [3.8, 4) is 0 Å². The Morgan fingerprint density at radius 1 is 1.40 bits per heavy atom. The highest BCUT2D eigenvalue weighted by Crippen LogP contribution is 2.29. The van der Waals surface area contributed by atoms with E-state index in [4.69, 9.17) is 0 Å². The van der Waals surface area contributed by atoms with Crippen LogP contribution in [-0.2, 0) is 4.79 Å². The number of carbonyl (C=O) groups excluding carboxylic acids is 1. The number of likely N-dealkylation sites (N-methyl/N-ethyl adjacent to an activating group) is 1. The quantitative estimate of drug-likeness (QED) is 0.743. The molecule has 2 fully saturated rings. The number of carbonyl (C=O) groups is 1. The number of likely N-dealkylation sites (tertiary alicyclic amines) is 1. The Hall–Kier alpha value is -0.570. The first-order chi connectivity index (χ1) is 7.31. The maximum atomic E-state index is 11.9. The van der Waals surface area contributed by atoms with Crippen molar-refractivity contribution in [2.45, 2.75) is 45.1 Å². The maximum Gasteiger partial charge on any atom is 0.239 e. The number of hydrogen-bond acceptors (Lipinski definition) is 2. The molecule has 1 amide bonds. The monoisotopic (exact) mass is 210 g/mol. The minimum Gasteiger partial charge on any atom is -0.341 e. The third-order valence-electron chi connectivity index (χ3n) is 3.78. The summed E-state index contributed by atoms with van der Waals surface area (Å²) >= 11 is 0. The Morgan fingerprint density at radius 2 is 2.20 bits per heavy atom. The molecule has 1 atom stereocenters. The van der Waals surface area contributed by atoms with E-state index in [9.17, 15) is 4.79 Å². The van der Waals surface area contributed by atoms with Crippen LogP contribution in [0, 0.1) is 5.92 Å². The molecule has 0 bridgehead atoms. The van der Waals surface area contributed by atoms with Crippen molar-refractivity contribution < 1.29 is 4.79 Å². The van der Waals surface area contributed by atoms with Crippen molar-refractivity contribution in [1.29, 1.82) is 0 Å². The standard InChI is InChI=1S/C12H22N2O/c1-2-13-11-7-9-14(12(11)15)8-6-10-4-3-5-10/h10-11,13H,2-9H2,1H3. The van der Waals surface area contributed by atoms with Crippen molar-refractivity contribution in [3.63, 3.8) is 0 Å². The summed E-state index contributed by atoms with van der Waals surface area (Å²) < 4.78 is 0. The van der Waals surface area contributed by atoms with Gasteiger partial charge in [-0.05, 0) is 25.3 Å². The molecule has 1 heterocycles. The zero-order valence-electron chi connectivity index (χ0n) is 9.67. The van der Waals surface area contributed by atoms with Gasteiger partial charge in [0.25, 0.3) is 0 Å². The molecule has 2 aliphatic rings. The molecule has 1 aliphatic carbocycles. The van der Waals surface area contributed by atoms with Gasteiger partial charge in [-0.15, -0.1) is 0 Å². The van der Waals surface area contributed by atoms with E-state index >= 15 is 0 Å². The number of nitrogens with one attached hydrogen (secondary N) is 1. The van der Waals surface area contributed by atoms with Crippen LogP contribution in [0.5, 0.6) is 0 Å². The van der Waals surface area contributed by atoms with Crippen molar-refractivity contribution in [3.05, 3.63) is 0 Å². The second-order valence-electron chi connectivity index (χ2n) is 4.81. The average Bonchev–Trinajstić information content (AvgIpc) is 2.48. The van der Waals surface area contributed by atoms with Crippen molar-refractivity contribution in [2.24, 2.45) is 5.92 Å². The highest BCUT2D eigenvalue weighted by atomic mass is 16.2. The van der Waals surface area contributed by atoms with E-state index < -0.39 is 0 Å². The number of nitrogens with zero attached hydrogens (tertiary/aromatic N) is 1. The van der Waals surface area contributed by atoms with Crippen LogP contribution in [0.25, 0.3) is 0 Å². The predicted octanol–water partition coefficient (Wildman–Crippen LogP) is 1.39. The van der Waals surface area contributed by atoms with Crippen LogP contribution in [0.2, 0.25) is 0 Å². The molecule has 15 heavy (non-hydrogen) atoms. The Labute approximate surface area is 92.2 Å². The molecule has 1 unspecified atom stereocenters. The highest BCUT2D eigenvalue weighted by Gasteiger charge is 2.31. The Morgan fingerprint density at radius 3 is 2.80 bits per heavy atom. The fourth-order valence-electron chi connectivity index (χ4n) is 2.52. The Balaban J connectivity index is 1.71. The van der Waals surface area contributed by atoms with Gasteiger partial charge in [0.1, 0.15) is 0 Å². The SMILES string of the molecule is CCNC1CCN(CCC2CCC2)C1=O. The fraction of sp³-hybridized carbons (Fsp3) is 0.917. The van der Waals surface area contributed by atoms with Gasteiger partial charge in [0.2, 0.25) is 5.91 Å². The molecule has 0 radical (unpaired) electrons. The van der Waals surface area contributed by atoms with Gasteiger partial charge >= 0.3 is 0 Å². The van der Waals surface area contributed by atoms with Gasteiger partial charge in [-0.25, -0.2) is 0 Å². The molecule has 1 saturated carbocycles. The first kappa shape index (κ1) is 10.9. The molecule has 1 saturated heterocycles. The minimum atomic E-state index is 0.108. The molecule has 1 N–H and O–H groups in total. The summed E-state index contributed by atoms with van der Waals surface area (Å²) in [7, 11) is 0. The van der Waals surface area contributed by atoms with Crippen LogP contribution >= 0.6 is 0 Å². The molecule has 86 valence electrons. The average molecular weight is 210 g/mol. The molecular formula is C12H22N2O. The molecule has 0 aromatic rings. The summed E-state index contributed by atoms with van der Waals surface area (Å²) in [5, 5.41) is 3.25. The lowest BCUT2D eigenvalue weighted by atomic mass is 9.83. The van der Waals surface area contributed by atoms with E-state index in [2.05, 4.69) is 12.2 Å². The second-order valence-corrected chi connectivity index (χ2v) is 4.81. The van der Waals surface area contributed by atoms with Gasteiger partial charge in [-0.1, -0.05) is 26.2 Å². The van der Waals surface area contributed by atoms with E-state index in [0.717, 1.165) is 32.0 Å². The molecule has 2 rings (SSSR count). The number of hydrogen-bond donors (Lipinski definition) is 1. The largest absolute Gasteiger partial charge is 0.341 e. The van der Waals surface area contributed by atoms with E-state index in [0.29, 0.717) is 5.91 Å². The van der Waals surface area contributed by atoms with E-state index in [-0.39, 0.29) is 6.04 Å². The van der Waals surface area contributed by atoms with Crippen LogP contribution in [-0.4, -0.2) is 36.5 Å². The molecule has 3 heteroatoms. The van der Waals surface area contributed by atoms with Gasteiger partial charge in [0, 0.05) is 13.1 Å². The third kappa shape index (κ3) is 2.51. The molecule has 1 aliphatic heterocycles. The van der Waals surface area contributed by atoms with Crippen LogP contribution in [0.4, 0.5) is 0 Å². The zero-order valence-corrected chi connectivity index (χ0v) is 9.67. The van der Waals surface area contributed by atoms with E-state index in [1.165, 1.54) is 25.7 Å². The minimum absolute atomic E-state index is 0.108. The van der Waals surface area contributed by atoms with Crippen LogP contribution in [0.15, 0.2) is 0 Å². The normalized spacial score (nSPS) is 27.1. The van der Waals surface area contributed by atoms with E-state index in [1.807, 2.05) is 4.90 Å². The summed E-state index contributed by atoms with van der Waals surface area (Å²) in [6.07, 6.45) is 6.40. The molecule has 0 spiro atoms. The highest BCUT2D eigenvalue weighted by molar-refractivity contribution is 5.83. The lowest BCUT2D eigenvalue weighted by Gasteiger charge is -2.27. The molecular weight excluding hydrogens is 188 g/mol. The van der Waals surface area contributed by atoms with Gasteiger partial charge in [0.15, 0.2) is 0 Å². The number of amides is 1. The van der Waals surface area contributed by atoms with E-state index in [1.54, 1.807) is 0 Å². The first-order valence-electron chi connectivity index (χ1n) is 6.33. The van der Waals surface area contributed by atoms with Crippen LogP contribution < -0.4 is 5.32 Å². The zero-order chi connectivity index (χ0) is 10.7. The topological polar surface area (TPSA) is 32.3 Å². The fourth-order valence-corrected chi connectivity index (χ4v) is 2.52. The van der Waals surface area contributed by atoms with Crippen molar-refractivity contribution in [2.75, 3.05) is 19.6 Å². The summed E-state index contributed by atoms with van der Waals surface area (Å²) in [5.74, 6) is 1.24. The van der Waals surface area contributed by atoms with Crippen molar-refractivity contribution >= 4 is 5.91 Å². The van der Waals surface area contributed by atoms with Gasteiger partial charge in [0.05, 0.1) is 6.04 Å². The molecule has 0 aromatic carbocycles. The third-order valence-corrected chi connectivity index (χ3v) is 3.78. The first-order valence-corrected chi connectivity index (χ1v) is 6.33. The summed E-state index contributed by atoms with van der Waals surface area (Å²) in [6.45, 7) is 4.91. The summed E-state index contributed by atoms with van der Waals surface area (Å²) in [5.41, 5.74) is 0. The Bertz CT molecular complexity index is 226. The summed E-state index contributed by atoms with van der Waals surface area (Å²) in [4.78, 5) is 13.9. The van der Waals surface area contributed by atoms with Crippen LogP contribution in [0.1, 0.15) is 39.0 Å². The summed E-state index contributed by atoms with van der Waals surface area (Å²) in [6, 6.07) is 0.108. The second kappa shape index (κ2) is 4.97. The van der Waals surface area contributed by atoms with Gasteiger partial charge in [-0.3, -0.25) is 4.79 Å². The Kier molecular flexibility index (Phi) is 3.62. The smallest absolute Gasteiger partial charge is 0.239 e. The number of rotatable bonds is 5. The van der Waals surface area contributed by atoms with Crippen LogP contribution in [0.3, 0.4) is 0 Å². The lowest BCUT2D eigenvalue weighted by Crippen LogP contribution is -2.38. The van der Waals surface area contributed by atoms with Crippen molar-refractivity contribution in [1.82, 2.24) is 10.2 Å².